The highest BCUT2D eigenvalue weighted by Crippen LogP contribution is 2.30. The molecule has 1 aromatic heterocycles. The molecule has 0 spiro atoms. The fourth-order valence-corrected chi connectivity index (χ4v) is 2.15. The summed E-state index contributed by atoms with van der Waals surface area (Å²) < 4.78 is 26.4. The first kappa shape index (κ1) is 12.4. The molecule has 3 rings (SSSR count). The largest absolute Gasteiger partial charge is 0.300 e. The number of ketones is 1. The van der Waals surface area contributed by atoms with Gasteiger partial charge >= 0.3 is 0 Å². The number of rotatable bonds is 2. The minimum Gasteiger partial charge on any atom is -0.300 e. The van der Waals surface area contributed by atoms with Gasteiger partial charge in [0.25, 0.3) is 11.7 Å². The molecule has 0 saturated heterocycles. The van der Waals surface area contributed by atoms with Crippen LogP contribution in [0.1, 0.15) is 15.9 Å². The summed E-state index contributed by atoms with van der Waals surface area (Å²) in [6, 6.07) is 4.72. The van der Waals surface area contributed by atoms with Gasteiger partial charge in [-0.3, -0.25) is 14.6 Å². The number of anilines is 1. The monoisotopic (exact) mass is 274 g/mol. The number of carbonyl (C=O) groups excluding carboxylic acids is 2. The highest BCUT2D eigenvalue weighted by Gasteiger charge is 2.36. The lowest BCUT2D eigenvalue weighted by molar-refractivity contribution is -0.114. The van der Waals surface area contributed by atoms with E-state index in [2.05, 4.69) is 4.98 Å². The van der Waals surface area contributed by atoms with Gasteiger partial charge in [0, 0.05) is 6.20 Å². The number of Topliss-reactive ketones (excluding diaryl/α,β-unsaturated/α-hetero) is 1. The van der Waals surface area contributed by atoms with Crippen molar-refractivity contribution in [1.82, 2.24) is 4.98 Å². The van der Waals surface area contributed by atoms with Gasteiger partial charge in [-0.05, 0) is 29.8 Å². The molecule has 4 nitrogen and oxygen atoms in total. The first-order valence-electron chi connectivity index (χ1n) is 5.81. The zero-order valence-corrected chi connectivity index (χ0v) is 10.1. The first-order chi connectivity index (χ1) is 9.56. The quantitative estimate of drug-likeness (QED) is 0.788. The third-order valence-electron chi connectivity index (χ3n) is 3.04. The van der Waals surface area contributed by atoms with Crippen LogP contribution in [0.2, 0.25) is 0 Å². The zero-order chi connectivity index (χ0) is 14.3. The van der Waals surface area contributed by atoms with Crippen molar-refractivity contribution in [3.8, 4) is 0 Å². The number of nitrogens with zero attached hydrogens (tertiary/aromatic N) is 2. The van der Waals surface area contributed by atoms with Crippen LogP contribution < -0.4 is 4.90 Å². The average molecular weight is 274 g/mol. The van der Waals surface area contributed by atoms with Gasteiger partial charge < -0.3 is 4.90 Å². The van der Waals surface area contributed by atoms with Gasteiger partial charge in [0.1, 0.15) is 11.6 Å². The van der Waals surface area contributed by atoms with Crippen LogP contribution in [0, 0.1) is 11.6 Å². The van der Waals surface area contributed by atoms with Crippen LogP contribution in [0.5, 0.6) is 0 Å². The Hall–Kier alpha value is -2.63. The number of carbonyl (C=O) groups is 2. The smallest absolute Gasteiger partial charge is 0.299 e. The molecule has 0 saturated carbocycles. The molecule has 0 atom stereocenters. The first-order valence-corrected chi connectivity index (χ1v) is 5.81. The average Bonchev–Trinajstić information content (AvgIpc) is 2.64. The van der Waals surface area contributed by atoms with Crippen LogP contribution in [0.3, 0.4) is 0 Å². The maximum Gasteiger partial charge on any atom is 0.299 e. The number of pyridine rings is 1. The van der Waals surface area contributed by atoms with E-state index in [1.54, 1.807) is 0 Å². The summed E-state index contributed by atoms with van der Waals surface area (Å²) >= 11 is 0. The minimum absolute atomic E-state index is 0.0359. The Morgan fingerprint density at radius 1 is 1.05 bits per heavy atom. The Morgan fingerprint density at radius 3 is 2.60 bits per heavy atom. The molecule has 0 unspecified atom stereocenters. The molecule has 0 radical (unpaired) electrons. The maximum absolute atomic E-state index is 13.3. The molecule has 0 N–H and O–H groups in total. The van der Waals surface area contributed by atoms with E-state index in [-0.39, 0.29) is 17.8 Å². The number of hydrogen-bond acceptors (Lipinski definition) is 3. The fraction of sp³-hybridized carbons (Fsp3) is 0.0714. The van der Waals surface area contributed by atoms with Crippen molar-refractivity contribution >= 4 is 17.4 Å². The summed E-state index contributed by atoms with van der Waals surface area (Å²) in [5, 5.41) is 0. The predicted octanol–water partition coefficient (Wildman–Crippen LogP) is 2.09. The van der Waals surface area contributed by atoms with Crippen molar-refractivity contribution in [1.29, 1.82) is 0 Å². The van der Waals surface area contributed by atoms with E-state index in [1.165, 1.54) is 18.3 Å². The molecule has 1 aliphatic rings. The van der Waals surface area contributed by atoms with Crippen molar-refractivity contribution in [2.24, 2.45) is 0 Å². The summed E-state index contributed by atoms with van der Waals surface area (Å²) in [7, 11) is 0. The lowest BCUT2D eigenvalue weighted by Crippen LogP contribution is -2.29. The van der Waals surface area contributed by atoms with Crippen molar-refractivity contribution in [3.05, 3.63) is 59.4 Å². The van der Waals surface area contributed by atoms with Gasteiger partial charge in [-0.25, -0.2) is 8.78 Å². The molecule has 2 heterocycles. The van der Waals surface area contributed by atoms with Gasteiger partial charge in [0.2, 0.25) is 0 Å². The topological polar surface area (TPSA) is 50.3 Å². The zero-order valence-electron chi connectivity index (χ0n) is 10.1. The van der Waals surface area contributed by atoms with E-state index < -0.39 is 23.3 Å². The van der Waals surface area contributed by atoms with Gasteiger partial charge in [-0.1, -0.05) is 0 Å². The fourth-order valence-electron chi connectivity index (χ4n) is 2.15. The van der Waals surface area contributed by atoms with Crippen molar-refractivity contribution in [2.75, 3.05) is 4.90 Å². The molecular weight excluding hydrogens is 266 g/mol. The summed E-state index contributed by atoms with van der Waals surface area (Å²) in [6.07, 6.45) is 2.42. The molecule has 0 bridgehead atoms. The molecule has 100 valence electrons. The highest BCUT2D eigenvalue weighted by atomic mass is 19.1. The second kappa shape index (κ2) is 4.48. The minimum atomic E-state index is -0.755. The van der Waals surface area contributed by atoms with Gasteiger partial charge in [0.05, 0.1) is 24.0 Å². The standard InChI is InChI=1S/C14H8F2N2O2/c15-9-1-2-11-12(4-9)18(14(20)13(11)19)7-8-3-10(16)6-17-5-8/h1-6H,7H2. The number of benzene rings is 1. The van der Waals surface area contributed by atoms with Crippen LogP contribution in [-0.4, -0.2) is 16.7 Å². The summed E-state index contributed by atoms with van der Waals surface area (Å²) in [4.78, 5) is 28.5. The van der Waals surface area contributed by atoms with E-state index in [9.17, 15) is 18.4 Å². The molecule has 1 aromatic carbocycles. The van der Waals surface area contributed by atoms with Crippen molar-refractivity contribution in [3.63, 3.8) is 0 Å². The summed E-state index contributed by atoms with van der Waals surface area (Å²) in [5.74, 6) is -2.53. The van der Waals surface area contributed by atoms with Crippen LogP contribution >= 0.6 is 0 Å². The van der Waals surface area contributed by atoms with E-state index in [4.69, 9.17) is 0 Å². The van der Waals surface area contributed by atoms with E-state index in [1.807, 2.05) is 0 Å². The molecule has 20 heavy (non-hydrogen) atoms. The Morgan fingerprint density at radius 2 is 1.85 bits per heavy atom. The van der Waals surface area contributed by atoms with Crippen molar-refractivity contribution in [2.45, 2.75) is 6.54 Å². The number of hydrogen-bond donors (Lipinski definition) is 0. The van der Waals surface area contributed by atoms with E-state index in [0.717, 1.165) is 23.2 Å². The number of amides is 1. The summed E-state index contributed by atoms with van der Waals surface area (Å²) in [6.45, 7) is -0.0359. The van der Waals surface area contributed by atoms with Crippen LogP contribution in [0.4, 0.5) is 14.5 Å². The van der Waals surface area contributed by atoms with Gasteiger partial charge in [-0.2, -0.15) is 0 Å². The molecular formula is C14H8F2N2O2. The number of aromatic nitrogens is 1. The van der Waals surface area contributed by atoms with E-state index in [0.29, 0.717) is 5.56 Å². The second-order valence-electron chi connectivity index (χ2n) is 4.39. The lowest BCUT2D eigenvalue weighted by Gasteiger charge is -2.16. The molecule has 0 fully saturated rings. The molecule has 1 aliphatic heterocycles. The van der Waals surface area contributed by atoms with Crippen LogP contribution in [0.25, 0.3) is 0 Å². The third kappa shape index (κ3) is 1.95. The van der Waals surface area contributed by atoms with Gasteiger partial charge in [-0.15, -0.1) is 0 Å². The lowest BCUT2D eigenvalue weighted by atomic mass is 10.1. The Labute approximate surface area is 112 Å². The second-order valence-corrected chi connectivity index (χ2v) is 4.39. The van der Waals surface area contributed by atoms with E-state index >= 15 is 0 Å². The normalized spacial score (nSPS) is 13.8. The Balaban J connectivity index is 2.01. The van der Waals surface area contributed by atoms with Crippen molar-refractivity contribution < 1.29 is 18.4 Å². The molecule has 0 aliphatic carbocycles. The number of halogens is 2. The molecule has 2 aromatic rings. The highest BCUT2D eigenvalue weighted by molar-refractivity contribution is 6.52. The predicted molar refractivity (Wildman–Crippen MR) is 66.1 cm³/mol. The SMILES string of the molecule is O=C1C(=O)N(Cc2cncc(F)c2)c2cc(F)ccc21. The Bertz CT molecular complexity index is 731. The summed E-state index contributed by atoms with van der Waals surface area (Å²) in [5.41, 5.74) is 0.772. The van der Waals surface area contributed by atoms with Gasteiger partial charge in [0.15, 0.2) is 0 Å². The molecule has 6 heteroatoms. The Kier molecular flexibility index (Phi) is 2.78. The molecule has 1 amide bonds. The van der Waals surface area contributed by atoms with Crippen LogP contribution in [0.15, 0.2) is 36.7 Å². The third-order valence-corrected chi connectivity index (χ3v) is 3.04. The maximum atomic E-state index is 13.3. The van der Waals surface area contributed by atoms with Crippen LogP contribution in [-0.2, 0) is 11.3 Å². The number of fused-ring (bicyclic) bond motifs is 1.